The van der Waals surface area contributed by atoms with Gasteiger partial charge in [-0.1, -0.05) is 12.1 Å². The van der Waals surface area contributed by atoms with Crippen LogP contribution in [0.3, 0.4) is 0 Å². The molecular weight excluding hydrogens is 327 g/mol. The van der Waals surface area contributed by atoms with Gasteiger partial charge in [0.2, 0.25) is 5.96 Å². The van der Waals surface area contributed by atoms with Crippen molar-refractivity contribution in [3.63, 3.8) is 0 Å². The van der Waals surface area contributed by atoms with E-state index < -0.39 is 11.4 Å². The number of hydrogen-bond donors (Lipinski definition) is 3. The van der Waals surface area contributed by atoms with E-state index in [2.05, 4.69) is 22.0 Å². The van der Waals surface area contributed by atoms with E-state index in [0.29, 0.717) is 26.1 Å². The molecule has 3 N–H and O–H groups in total. The summed E-state index contributed by atoms with van der Waals surface area (Å²) >= 11 is 0. The number of ether oxygens (including phenoxy) is 1. The molecule has 0 unspecified atom stereocenters. The summed E-state index contributed by atoms with van der Waals surface area (Å²) in [5.74, 6) is -0.798. The first-order valence-electron chi connectivity index (χ1n) is 7.79. The number of carbonyl (C=O) groups is 1. The summed E-state index contributed by atoms with van der Waals surface area (Å²) in [4.78, 5) is 19.8. The number of aliphatic imine (C=N–C) groups is 2. The maximum absolute atomic E-state index is 13.7. The molecule has 1 aliphatic heterocycles. The second-order valence-corrected chi connectivity index (χ2v) is 5.66. The Morgan fingerprint density at radius 1 is 1.44 bits per heavy atom. The Morgan fingerprint density at radius 2 is 2.16 bits per heavy atom. The van der Waals surface area contributed by atoms with Crippen LogP contribution in [0.2, 0.25) is 0 Å². The number of hydrogen-bond acceptors (Lipinski definition) is 4. The maximum atomic E-state index is 13.7. The molecule has 1 aromatic rings. The van der Waals surface area contributed by atoms with E-state index in [4.69, 9.17) is 9.94 Å². The van der Waals surface area contributed by atoms with Crippen LogP contribution in [-0.2, 0) is 15.1 Å². The van der Waals surface area contributed by atoms with Crippen LogP contribution in [0.15, 0.2) is 46.0 Å². The van der Waals surface area contributed by atoms with E-state index in [1.807, 2.05) is 6.07 Å². The minimum absolute atomic E-state index is 0.191. The molecule has 7 nitrogen and oxygen atoms in total. The van der Waals surface area contributed by atoms with Crippen molar-refractivity contribution in [2.75, 3.05) is 13.2 Å². The zero-order valence-electron chi connectivity index (χ0n) is 14.0. The highest BCUT2D eigenvalue weighted by atomic mass is 19.1. The molecule has 1 saturated heterocycles. The van der Waals surface area contributed by atoms with Crippen molar-refractivity contribution >= 4 is 18.6 Å². The second-order valence-electron chi connectivity index (χ2n) is 5.66. The number of halogens is 1. The molecule has 2 rings (SSSR count). The SMILES string of the molecule is C=NC(=NC1(c2cccc(F)c2)CCOCC1)N/C=C(\C)C(=O)NO. The monoisotopic (exact) mass is 348 g/mol. The number of rotatable bonds is 4. The standard InChI is InChI=1S/C17H21FN4O3/c1-12(15(23)22-24)11-20-16(19-2)21-17(6-8-25-9-7-17)13-4-3-5-14(18)10-13/h3-5,10-11,24H,2,6-9H2,1H3,(H,20,21)(H,22,23)/b12-11+. The van der Waals surface area contributed by atoms with E-state index in [1.54, 1.807) is 6.07 Å². The third kappa shape index (κ3) is 4.71. The third-order valence-electron chi connectivity index (χ3n) is 4.03. The van der Waals surface area contributed by atoms with Gasteiger partial charge in [0, 0.05) is 37.8 Å². The highest BCUT2D eigenvalue weighted by Gasteiger charge is 2.35. The van der Waals surface area contributed by atoms with Gasteiger partial charge in [-0.05, 0) is 31.3 Å². The molecule has 1 aliphatic rings. The smallest absolute Gasteiger partial charge is 0.271 e. The molecule has 1 amide bonds. The lowest BCUT2D eigenvalue weighted by Crippen LogP contribution is -2.35. The van der Waals surface area contributed by atoms with Gasteiger partial charge >= 0.3 is 0 Å². The van der Waals surface area contributed by atoms with Crippen molar-refractivity contribution in [2.45, 2.75) is 25.3 Å². The molecule has 1 heterocycles. The maximum Gasteiger partial charge on any atom is 0.271 e. The Labute approximate surface area is 145 Å². The predicted octanol–water partition coefficient (Wildman–Crippen LogP) is 1.89. The topological polar surface area (TPSA) is 95.3 Å². The second kappa shape index (κ2) is 8.50. The Kier molecular flexibility index (Phi) is 6.37. The van der Waals surface area contributed by atoms with E-state index in [9.17, 15) is 9.18 Å². The average molecular weight is 348 g/mol. The molecule has 1 aromatic carbocycles. The Hall–Kier alpha value is -2.58. The van der Waals surface area contributed by atoms with Crippen molar-refractivity contribution in [1.82, 2.24) is 10.8 Å². The number of benzene rings is 1. The molecule has 0 atom stereocenters. The first-order valence-corrected chi connectivity index (χ1v) is 7.79. The van der Waals surface area contributed by atoms with Crippen LogP contribution in [0.1, 0.15) is 25.3 Å². The summed E-state index contributed by atoms with van der Waals surface area (Å²) in [6.45, 7) is 5.98. The third-order valence-corrected chi connectivity index (χ3v) is 4.03. The van der Waals surface area contributed by atoms with E-state index in [0.717, 1.165) is 5.56 Å². The van der Waals surface area contributed by atoms with E-state index >= 15 is 0 Å². The number of guanidine groups is 1. The average Bonchev–Trinajstić information content (AvgIpc) is 2.64. The predicted molar refractivity (Wildman–Crippen MR) is 91.9 cm³/mol. The first-order chi connectivity index (χ1) is 12.0. The summed E-state index contributed by atoms with van der Waals surface area (Å²) in [6.07, 6.45) is 2.49. The Morgan fingerprint density at radius 3 is 2.76 bits per heavy atom. The lowest BCUT2D eigenvalue weighted by atomic mass is 9.83. The van der Waals surface area contributed by atoms with Gasteiger partial charge in [-0.3, -0.25) is 10.0 Å². The summed E-state index contributed by atoms with van der Waals surface area (Å²) in [5, 5.41) is 11.4. The number of amides is 1. The minimum Gasteiger partial charge on any atom is -0.381 e. The molecule has 8 heteroatoms. The van der Waals surface area contributed by atoms with Crippen LogP contribution >= 0.6 is 0 Å². The molecule has 0 spiro atoms. The fourth-order valence-corrected chi connectivity index (χ4v) is 2.59. The van der Waals surface area contributed by atoms with Crippen molar-refractivity contribution in [3.05, 3.63) is 47.4 Å². The number of nitrogens with one attached hydrogen (secondary N) is 2. The summed E-state index contributed by atoms with van der Waals surface area (Å²) in [6, 6.07) is 6.29. The molecule has 0 bridgehead atoms. The molecular formula is C17H21FN4O3. The fourth-order valence-electron chi connectivity index (χ4n) is 2.59. The number of hydroxylamine groups is 1. The fraction of sp³-hybridized carbons (Fsp3) is 0.353. The lowest BCUT2D eigenvalue weighted by molar-refractivity contribution is -0.125. The zero-order chi connectivity index (χ0) is 18.3. The highest BCUT2D eigenvalue weighted by Crippen LogP contribution is 2.36. The van der Waals surface area contributed by atoms with Gasteiger partial charge in [0.05, 0.1) is 5.54 Å². The van der Waals surface area contributed by atoms with Crippen LogP contribution < -0.4 is 10.8 Å². The van der Waals surface area contributed by atoms with Crippen LogP contribution in [0.5, 0.6) is 0 Å². The molecule has 134 valence electrons. The van der Waals surface area contributed by atoms with Gasteiger partial charge in [0.15, 0.2) is 0 Å². The van der Waals surface area contributed by atoms with Gasteiger partial charge in [-0.25, -0.2) is 19.9 Å². The lowest BCUT2D eigenvalue weighted by Gasteiger charge is -2.34. The van der Waals surface area contributed by atoms with Crippen LogP contribution in [0.4, 0.5) is 4.39 Å². The minimum atomic E-state index is -0.690. The summed E-state index contributed by atoms with van der Waals surface area (Å²) < 4.78 is 19.1. The largest absolute Gasteiger partial charge is 0.381 e. The van der Waals surface area contributed by atoms with Crippen molar-refractivity contribution in [2.24, 2.45) is 9.98 Å². The Bertz CT molecular complexity index is 697. The van der Waals surface area contributed by atoms with Crippen LogP contribution in [-0.4, -0.2) is 37.0 Å². The van der Waals surface area contributed by atoms with E-state index in [-0.39, 0.29) is 17.3 Å². The first kappa shape index (κ1) is 18.8. The molecule has 0 aliphatic carbocycles. The molecule has 1 fully saturated rings. The molecule has 0 radical (unpaired) electrons. The highest BCUT2D eigenvalue weighted by molar-refractivity contribution is 5.93. The molecule has 0 aromatic heterocycles. The van der Waals surface area contributed by atoms with Crippen LogP contribution in [0, 0.1) is 5.82 Å². The number of nitrogens with zero attached hydrogens (tertiary/aromatic N) is 2. The van der Waals surface area contributed by atoms with Crippen LogP contribution in [0.25, 0.3) is 0 Å². The summed E-state index contributed by atoms with van der Waals surface area (Å²) in [7, 11) is 0. The van der Waals surface area contributed by atoms with Gasteiger partial charge in [-0.15, -0.1) is 0 Å². The van der Waals surface area contributed by atoms with Crippen molar-refractivity contribution in [3.8, 4) is 0 Å². The van der Waals surface area contributed by atoms with E-state index in [1.165, 1.54) is 30.7 Å². The Balaban J connectivity index is 2.34. The van der Waals surface area contributed by atoms with Gasteiger partial charge in [0.25, 0.3) is 5.91 Å². The molecule has 0 saturated carbocycles. The van der Waals surface area contributed by atoms with Crippen molar-refractivity contribution in [1.29, 1.82) is 0 Å². The number of carbonyl (C=O) groups excluding carboxylic acids is 1. The molecule has 25 heavy (non-hydrogen) atoms. The van der Waals surface area contributed by atoms with Gasteiger partial charge in [0.1, 0.15) is 5.82 Å². The zero-order valence-corrected chi connectivity index (χ0v) is 14.0. The van der Waals surface area contributed by atoms with Gasteiger partial charge < -0.3 is 10.1 Å². The quantitative estimate of drug-likeness (QED) is 0.255. The summed E-state index contributed by atoms with van der Waals surface area (Å²) in [5.41, 5.74) is 1.80. The van der Waals surface area contributed by atoms with Gasteiger partial charge in [-0.2, -0.15) is 0 Å². The van der Waals surface area contributed by atoms with Crippen molar-refractivity contribution < 1.29 is 19.1 Å². The normalized spacial score (nSPS) is 17.7.